The molecular formula is C20H22N4O5. The first-order valence-electron chi connectivity index (χ1n) is 9.22. The fourth-order valence-electron chi connectivity index (χ4n) is 3.36. The normalized spacial score (nSPS) is 16.3. The van der Waals surface area contributed by atoms with Crippen LogP contribution in [0, 0.1) is 10.1 Å². The van der Waals surface area contributed by atoms with Gasteiger partial charge in [0.15, 0.2) is 6.61 Å². The van der Waals surface area contributed by atoms with Crippen LogP contribution < -0.4 is 15.8 Å². The zero-order valence-electron chi connectivity index (χ0n) is 15.7. The van der Waals surface area contributed by atoms with Crippen molar-refractivity contribution in [2.24, 2.45) is 5.73 Å². The van der Waals surface area contributed by atoms with Crippen molar-refractivity contribution in [2.75, 3.05) is 18.5 Å². The largest absolute Gasteiger partial charge is 0.484 e. The zero-order chi connectivity index (χ0) is 20.8. The Balaban J connectivity index is 1.61. The van der Waals surface area contributed by atoms with Gasteiger partial charge in [-0.25, -0.2) is 0 Å². The molecule has 1 unspecified atom stereocenters. The van der Waals surface area contributed by atoms with Gasteiger partial charge < -0.3 is 15.8 Å². The van der Waals surface area contributed by atoms with Gasteiger partial charge in [-0.15, -0.1) is 0 Å². The second-order valence-corrected chi connectivity index (χ2v) is 6.78. The summed E-state index contributed by atoms with van der Waals surface area (Å²) in [7, 11) is 0. The van der Waals surface area contributed by atoms with Crippen molar-refractivity contribution < 1.29 is 19.2 Å². The SMILES string of the molecule is NC(=O)C1CCCN1Cc1ccccc1NC(=O)COc1cccc([N+](=O)[O-])c1. The predicted octanol–water partition coefficient (Wildman–Crippen LogP) is 2.06. The molecule has 2 aromatic carbocycles. The van der Waals surface area contributed by atoms with Crippen molar-refractivity contribution in [3.05, 3.63) is 64.2 Å². The molecule has 1 atom stereocenters. The number of hydrogen-bond acceptors (Lipinski definition) is 6. The van der Waals surface area contributed by atoms with Gasteiger partial charge in [-0.05, 0) is 37.1 Å². The number of nitro groups is 1. The Morgan fingerprint density at radius 2 is 2.03 bits per heavy atom. The number of nitro benzene ring substituents is 1. The average Bonchev–Trinajstić information content (AvgIpc) is 3.17. The summed E-state index contributed by atoms with van der Waals surface area (Å²) in [6.07, 6.45) is 1.64. The number of ether oxygens (including phenoxy) is 1. The highest BCUT2D eigenvalue weighted by Crippen LogP contribution is 2.24. The molecule has 0 radical (unpaired) electrons. The third-order valence-electron chi connectivity index (χ3n) is 4.76. The molecule has 29 heavy (non-hydrogen) atoms. The molecule has 1 aliphatic heterocycles. The van der Waals surface area contributed by atoms with Crippen LogP contribution in [0.5, 0.6) is 5.75 Å². The van der Waals surface area contributed by atoms with Gasteiger partial charge in [-0.2, -0.15) is 0 Å². The van der Waals surface area contributed by atoms with E-state index in [4.69, 9.17) is 10.5 Å². The van der Waals surface area contributed by atoms with Gasteiger partial charge in [0.05, 0.1) is 17.0 Å². The maximum Gasteiger partial charge on any atom is 0.273 e. The maximum absolute atomic E-state index is 12.3. The molecule has 1 fully saturated rings. The topological polar surface area (TPSA) is 128 Å². The van der Waals surface area contributed by atoms with E-state index < -0.39 is 10.8 Å². The molecule has 0 saturated carbocycles. The van der Waals surface area contributed by atoms with Crippen LogP contribution >= 0.6 is 0 Å². The molecule has 152 valence electrons. The maximum atomic E-state index is 12.3. The van der Waals surface area contributed by atoms with E-state index >= 15 is 0 Å². The lowest BCUT2D eigenvalue weighted by atomic mass is 10.1. The molecule has 0 aromatic heterocycles. The lowest BCUT2D eigenvalue weighted by Crippen LogP contribution is -2.39. The number of amides is 2. The highest BCUT2D eigenvalue weighted by Gasteiger charge is 2.29. The molecule has 9 heteroatoms. The molecule has 1 saturated heterocycles. The van der Waals surface area contributed by atoms with Gasteiger partial charge in [0.1, 0.15) is 5.75 Å². The minimum atomic E-state index is -0.527. The number of rotatable bonds is 8. The molecule has 3 rings (SSSR count). The van der Waals surface area contributed by atoms with E-state index in [0.29, 0.717) is 12.2 Å². The van der Waals surface area contributed by atoms with Crippen molar-refractivity contribution in [3.63, 3.8) is 0 Å². The molecule has 2 amide bonds. The highest BCUT2D eigenvalue weighted by atomic mass is 16.6. The number of benzene rings is 2. The monoisotopic (exact) mass is 398 g/mol. The summed E-state index contributed by atoms with van der Waals surface area (Å²) in [4.78, 5) is 36.2. The summed E-state index contributed by atoms with van der Waals surface area (Å²) in [5.74, 6) is -0.491. The zero-order valence-corrected chi connectivity index (χ0v) is 15.7. The Kier molecular flexibility index (Phi) is 6.40. The Morgan fingerprint density at radius 1 is 1.24 bits per heavy atom. The number of non-ortho nitro benzene ring substituents is 1. The van der Waals surface area contributed by atoms with Crippen LogP contribution in [-0.4, -0.2) is 40.8 Å². The summed E-state index contributed by atoms with van der Waals surface area (Å²) >= 11 is 0. The minimum Gasteiger partial charge on any atom is -0.484 e. The first-order chi connectivity index (χ1) is 13.9. The second kappa shape index (κ2) is 9.16. The van der Waals surface area contributed by atoms with Crippen LogP contribution in [0.4, 0.5) is 11.4 Å². The number of anilines is 1. The van der Waals surface area contributed by atoms with Crippen molar-refractivity contribution in [1.82, 2.24) is 4.90 Å². The van der Waals surface area contributed by atoms with Crippen LogP contribution in [0.1, 0.15) is 18.4 Å². The Bertz CT molecular complexity index is 917. The van der Waals surface area contributed by atoms with Crippen molar-refractivity contribution >= 4 is 23.2 Å². The third kappa shape index (κ3) is 5.29. The first kappa shape index (κ1) is 20.3. The third-order valence-corrected chi connectivity index (χ3v) is 4.76. The summed E-state index contributed by atoms with van der Waals surface area (Å²) in [5, 5.41) is 13.6. The molecule has 9 nitrogen and oxygen atoms in total. The van der Waals surface area contributed by atoms with Gasteiger partial charge in [0, 0.05) is 18.3 Å². The lowest BCUT2D eigenvalue weighted by Gasteiger charge is -2.23. The minimum absolute atomic E-state index is 0.108. The van der Waals surface area contributed by atoms with E-state index in [9.17, 15) is 19.7 Å². The summed E-state index contributed by atoms with van der Waals surface area (Å²) in [6, 6.07) is 12.7. The number of para-hydroxylation sites is 1. The van der Waals surface area contributed by atoms with Crippen LogP contribution in [0.3, 0.4) is 0 Å². The van der Waals surface area contributed by atoms with E-state index in [1.807, 2.05) is 17.0 Å². The van der Waals surface area contributed by atoms with Gasteiger partial charge in [0.25, 0.3) is 11.6 Å². The number of nitrogens with one attached hydrogen (secondary N) is 1. The summed E-state index contributed by atoms with van der Waals surface area (Å²) in [6.45, 7) is 0.977. The average molecular weight is 398 g/mol. The summed E-state index contributed by atoms with van der Waals surface area (Å²) in [5.41, 5.74) is 6.85. The van der Waals surface area contributed by atoms with Gasteiger partial charge >= 0.3 is 0 Å². The molecule has 1 heterocycles. The molecule has 2 aromatic rings. The molecular weight excluding hydrogens is 376 g/mol. The van der Waals surface area contributed by atoms with Crippen LogP contribution in [0.2, 0.25) is 0 Å². The van der Waals surface area contributed by atoms with Gasteiger partial charge in [-0.3, -0.25) is 24.6 Å². The van der Waals surface area contributed by atoms with E-state index in [0.717, 1.165) is 24.9 Å². The van der Waals surface area contributed by atoms with E-state index in [1.54, 1.807) is 18.2 Å². The second-order valence-electron chi connectivity index (χ2n) is 6.78. The quantitative estimate of drug-likeness (QED) is 0.517. The number of nitrogens with two attached hydrogens (primary N) is 1. The van der Waals surface area contributed by atoms with Crippen molar-refractivity contribution in [2.45, 2.75) is 25.4 Å². The molecule has 0 bridgehead atoms. The molecule has 0 spiro atoms. The Hall–Kier alpha value is -3.46. The van der Waals surface area contributed by atoms with Crippen LogP contribution in [0.25, 0.3) is 0 Å². The highest BCUT2D eigenvalue weighted by molar-refractivity contribution is 5.92. The van der Waals surface area contributed by atoms with Crippen LogP contribution in [0.15, 0.2) is 48.5 Å². The lowest BCUT2D eigenvalue weighted by molar-refractivity contribution is -0.384. The first-order valence-corrected chi connectivity index (χ1v) is 9.22. The van der Waals surface area contributed by atoms with Gasteiger partial charge in [-0.1, -0.05) is 24.3 Å². The number of carbonyl (C=O) groups is 2. The Labute approximate surface area is 167 Å². The van der Waals surface area contributed by atoms with Crippen molar-refractivity contribution in [1.29, 1.82) is 0 Å². The summed E-state index contributed by atoms with van der Waals surface area (Å²) < 4.78 is 5.36. The Morgan fingerprint density at radius 3 is 2.79 bits per heavy atom. The molecule has 1 aliphatic rings. The number of nitrogens with zero attached hydrogens (tertiary/aromatic N) is 2. The van der Waals surface area contributed by atoms with E-state index in [-0.39, 0.29) is 30.0 Å². The number of likely N-dealkylation sites (tertiary alicyclic amines) is 1. The standard InChI is InChI=1S/C20H22N4O5/c21-20(26)18-9-4-10-23(18)12-14-5-1-2-8-17(14)22-19(25)13-29-16-7-3-6-15(11-16)24(27)28/h1-3,5-8,11,18H,4,9-10,12-13H2,(H2,21,26)(H,22,25). The fraction of sp³-hybridized carbons (Fsp3) is 0.300. The van der Waals surface area contributed by atoms with E-state index in [2.05, 4.69) is 5.32 Å². The molecule has 0 aliphatic carbocycles. The van der Waals surface area contributed by atoms with Gasteiger partial charge in [0.2, 0.25) is 5.91 Å². The smallest absolute Gasteiger partial charge is 0.273 e. The molecule has 3 N–H and O–H groups in total. The number of hydrogen-bond donors (Lipinski definition) is 2. The number of carbonyl (C=O) groups excluding carboxylic acids is 2. The number of primary amides is 1. The van der Waals surface area contributed by atoms with Crippen molar-refractivity contribution in [3.8, 4) is 5.75 Å². The fourth-order valence-corrected chi connectivity index (χ4v) is 3.36. The predicted molar refractivity (Wildman–Crippen MR) is 106 cm³/mol. The van der Waals surface area contributed by atoms with Crippen LogP contribution in [-0.2, 0) is 16.1 Å². The van der Waals surface area contributed by atoms with E-state index in [1.165, 1.54) is 18.2 Å².